The Hall–Kier alpha value is -1.43. The first kappa shape index (κ1) is 16.4. The molecule has 1 aromatic carbocycles. The summed E-state index contributed by atoms with van der Waals surface area (Å²) in [5.74, 6) is 0.0680. The molecule has 2 aliphatic rings. The van der Waals surface area contributed by atoms with E-state index in [1.54, 1.807) is 14.2 Å². The summed E-state index contributed by atoms with van der Waals surface area (Å²) in [4.78, 5) is 14.7. The number of likely N-dealkylation sites (tertiary alicyclic amines) is 1. The monoisotopic (exact) mass is 319 g/mol. The Kier molecular flexibility index (Phi) is 4.99. The van der Waals surface area contributed by atoms with Gasteiger partial charge in [-0.15, -0.1) is 0 Å². The Labute approximate surface area is 137 Å². The minimum atomic E-state index is -0.321. The molecule has 3 rings (SSSR count). The van der Waals surface area contributed by atoms with Crippen molar-refractivity contribution < 1.29 is 19.0 Å². The summed E-state index contributed by atoms with van der Waals surface area (Å²) in [6.45, 7) is 2.64. The Bertz CT molecular complexity index is 536. The third kappa shape index (κ3) is 3.27. The first-order valence-corrected chi connectivity index (χ1v) is 8.22. The van der Waals surface area contributed by atoms with Crippen LogP contribution in [0.5, 0.6) is 0 Å². The molecule has 5 heteroatoms. The van der Waals surface area contributed by atoms with E-state index in [9.17, 15) is 4.79 Å². The smallest absolute Gasteiger partial charge is 0.253 e. The molecule has 2 saturated heterocycles. The number of methoxy groups -OCH3 is 2. The standard InChI is InChI=1S/C18H25NO4/c1-21-12-14-4-6-15(7-5-14)17(20)19-10-8-16(22-2)18(13-19)9-3-11-23-18/h4-7,16H,3,8-13H2,1-2H3/t16-,18-/m0/s1. The maximum atomic E-state index is 12.8. The largest absolute Gasteiger partial charge is 0.380 e. The molecule has 23 heavy (non-hydrogen) atoms. The van der Waals surface area contributed by atoms with Crippen LogP contribution in [0.25, 0.3) is 0 Å². The molecule has 1 spiro atoms. The summed E-state index contributed by atoms with van der Waals surface area (Å²) < 4.78 is 16.8. The summed E-state index contributed by atoms with van der Waals surface area (Å²) in [5.41, 5.74) is 1.46. The molecule has 1 amide bonds. The van der Waals surface area contributed by atoms with E-state index < -0.39 is 0 Å². The quantitative estimate of drug-likeness (QED) is 0.854. The van der Waals surface area contributed by atoms with Gasteiger partial charge >= 0.3 is 0 Å². The fourth-order valence-corrected chi connectivity index (χ4v) is 3.74. The van der Waals surface area contributed by atoms with Crippen LogP contribution in [0.3, 0.4) is 0 Å². The van der Waals surface area contributed by atoms with E-state index in [0.29, 0.717) is 25.3 Å². The SMILES string of the molecule is COCc1ccc(C(=O)N2CC[C@H](OC)[C@]3(CCCO3)C2)cc1. The third-order valence-corrected chi connectivity index (χ3v) is 4.92. The number of hydrogen-bond acceptors (Lipinski definition) is 4. The van der Waals surface area contributed by atoms with Crippen molar-refractivity contribution in [2.45, 2.75) is 37.6 Å². The lowest BCUT2D eigenvalue weighted by Gasteiger charge is -2.44. The van der Waals surface area contributed by atoms with Crippen LogP contribution in [0.1, 0.15) is 35.2 Å². The molecule has 2 heterocycles. The second kappa shape index (κ2) is 6.99. The highest BCUT2D eigenvalue weighted by Crippen LogP contribution is 2.36. The Morgan fingerprint density at radius 3 is 2.74 bits per heavy atom. The first-order valence-electron chi connectivity index (χ1n) is 8.22. The number of carbonyl (C=O) groups is 1. The summed E-state index contributed by atoms with van der Waals surface area (Å²) in [6, 6.07) is 7.64. The van der Waals surface area contributed by atoms with Gasteiger partial charge in [0.2, 0.25) is 0 Å². The molecular formula is C18H25NO4. The lowest BCUT2D eigenvalue weighted by molar-refractivity contribution is -0.137. The molecule has 0 saturated carbocycles. The molecule has 5 nitrogen and oxygen atoms in total. The predicted molar refractivity (Wildman–Crippen MR) is 86.4 cm³/mol. The van der Waals surface area contributed by atoms with E-state index in [0.717, 1.165) is 31.4 Å². The average molecular weight is 319 g/mol. The van der Waals surface area contributed by atoms with E-state index in [1.165, 1.54) is 0 Å². The van der Waals surface area contributed by atoms with E-state index >= 15 is 0 Å². The van der Waals surface area contributed by atoms with Crippen molar-refractivity contribution in [1.82, 2.24) is 4.90 Å². The fourth-order valence-electron chi connectivity index (χ4n) is 3.74. The fraction of sp³-hybridized carbons (Fsp3) is 0.611. The minimum absolute atomic E-state index is 0.0680. The van der Waals surface area contributed by atoms with Crippen molar-refractivity contribution in [2.75, 3.05) is 33.9 Å². The van der Waals surface area contributed by atoms with E-state index in [1.807, 2.05) is 29.2 Å². The van der Waals surface area contributed by atoms with Gasteiger partial charge in [0.05, 0.1) is 19.3 Å². The lowest BCUT2D eigenvalue weighted by Crippen LogP contribution is -2.58. The van der Waals surface area contributed by atoms with Crippen molar-refractivity contribution in [2.24, 2.45) is 0 Å². The molecule has 0 N–H and O–H groups in total. The van der Waals surface area contributed by atoms with Crippen LogP contribution in [-0.4, -0.2) is 56.4 Å². The number of carbonyl (C=O) groups excluding carboxylic acids is 1. The molecule has 0 bridgehead atoms. The number of piperidine rings is 1. The van der Waals surface area contributed by atoms with E-state index in [4.69, 9.17) is 14.2 Å². The number of amides is 1. The number of hydrogen-bond donors (Lipinski definition) is 0. The number of ether oxygens (including phenoxy) is 3. The zero-order valence-electron chi connectivity index (χ0n) is 13.9. The topological polar surface area (TPSA) is 48.0 Å². The van der Waals surface area contributed by atoms with Crippen LogP contribution in [-0.2, 0) is 20.8 Å². The second-order valence-corrected chi connectivity index (χ2v) is 6.39. The highest BCUT2D eigenvalue weighted by atomic mass is 16.6. The van der Waals surface area contributed by atoms with Gasteiger partial charge in [-0.3, -0.25) is 4.79 Å². The summed E-state index contributed by atoms with van der Waals surface area (Å²) in [7, 11) is 3.40. The van der Waals surface area contributed by atoms with Crippen molar-refractivity contribution in [1.29, 1.82) is 0 Å². The van der Waals surface area contributed by atoms with Gasteiger partial charge in [-0.05, 0) is 37.0 Å². The Morgan fingerprint density at radius 2 is 2.13 bits per heavy atom. The molecule has 1 aromatic rings. The maximum absolute atomic E-state index is 12.8. The maximum Gasteiger partial charge on any atom is 0.253 e. The summed E-state index contributed by atoms with van der Waals surface area (Å²) in [5, 5.41) is 0. The van der Waals surface area contributed by atoms with Crippen LogP contribution in [0.2, 0.25) is 0 Å². The molecule has 126 valence electrons. The predicted octanol–water partition coefficient (Wildman–Crippen LogP) is 2.24. The lowest BCUT2D eigenvalue weighted by atomic mass is 9.86. The van der Waals surface area contributed by atoms with Gasteiger partial charge in [0.1, 0.15) is 5.60 Å². The normalized spacial score (nSPS) is 27.6. The van der Waals surface area contributed by atoms with Gasteiger partial charge in [-0.2, -0.15) is 0 Å². The summed E-state index contributed by atoms with van der Waals surface area (Å²) in [6.07, 6.45) is 2.90. The van der Waals surface area contributed by atoms with Crippen molar-refractivity contribution in [3.05, 3.63) is 35.4 Å². The van der Waals surface area contributed by atoms with Gasteiger partial charge in [0.15, 0.2) is 0 Å². The Morgan fingerprint density at radius 1 is 1.35 bits per heavy atom. The number of benzene rings is 1. The molecular weight excluding hydrogens is 294 g/mol. The zero-order valence-corrected chi connectivity index (χ0v) is 13.9. The van der Waals surface area contributed by atoms with Crippen LogP contribution >= 0.6 is 0 Å². The molecule has 0 unspecified atom stereocenters. The molecule has 0 aliphatic carbocycles. The van der Waals surface area contributed by atoms with Crippen molar-refractivity contribution in [3.63, 3.8) is 0 Å². The molecule has 0 aromatic heterocycles. The van der Waals surface area contributed by atoms with Crippen molar-refractivity contribution >= 4 is 5.91 Å². The van der Waals surface area contributed by atoms with Gasteiger partial charge in [0, 0.05) is 32.9 Å². The Balaban J connectivity index is 1.72. The average Bonchev–Trinajstić information content (AvgIpc) is 3.04. The third-order valence-electron chi connectivity index (χ3n) is 4.92. The van der Waals surface area contributed by atoms with E-state index in [2.05, 4.69) is 0 Å². The highest BCUT2D eigenvalue weighted by molar-refractivity contribution is 5.94. The zero-order chi connectivity index (χ0) is 16.3. The number of rotatable bonds is 4. The summed E-state index contributed by atoms with van der Waals surface area (Å²) >= 11 is 0. The first-order chi connectivity index (χ1) is 11.2. The minimum Gasteiger partial charge on any atom is -0.380 e. The molecule has 0 radical (unpaired) electrons. The van der Waals surface area contributed by atoms with Gasteiger partial charge < -0.3 is 19.1 Å². The van der Waals surface area contributed by atoms with E-state index in [-0.39, 0.29) is 17.6 Å². The second-order valence-electron chi connectivity index (χ2n) is 6.39. The van der Waals surface area contributed by atoms with Crippen molar-refractivity contribution in [3.8, 4) is 0 Å². The van der Waals surface area contributed by atoms with Gasteiger partial charge in [-0.25, -0.2) is 0 Å². The molecule has 2 aliphatic heterocycles. The van der Waals surface area contributed by atoms with Crippen LogP contribution in [0, 0.1) is 0 Å². The highest BCUT2D eigenvalue weighted by Gasteiger charge is 2.48. The van der Waals surface area contributed by atoms with Crippen LogP contribution in [0.4, 0.5) is 0 Å². The van der Waals surface area contributed by atoms with Gasteiger partial charge in [0.25, 0.3) is 5.91 Å². The molecule has 2 fully saturated rings. The van der Waals surface area contributed by atoms with Crippen LogP contribution < -0.4 is 0 Å². The number of nitrogens with zero attached hydrogens (tertiary/aromatic N) is 1. The van der Waals surface area contributed by atoms with Gasteiger partial charge in [-0.1, -0.05) is 12.1 Å². The molecule has 2 atom stereocenters. The van der Waals surface area contributed by atoms with Crippen LogP contribution in [0.15, 0.2) is 24.3 Å².